The van der Waals surface area contributed by atoms with E-state index in [1.165, 1.54) is 0 Å². The van der Waals surface area contributed by atoms with E-state index in [0.29, 0.717) is 5.75 Å². The Morgan fingerprint density at radius 2 is 1.65 bits per heavy atom. The molecule has 0 spiro atoms. The van der Waals surface area contributed by atoms with Crippen LogP contribution in [0.4, 0.5) is 0 Å². The summed E-state index contributed by atoms with van der Waals surface area (Å²) in [5.74, 6) is 1.51. The molecule has 0 N–H and O–H groups in total. The Bertz CT molecular complexity index is 506. The number of carbonyl (C=O) groups excluding carboxylic acids is 1. The molecule has 5 heteroatoms. The van der Waals surface area contributed by atoms with Crippen molar-refractivity contribution in [2.45, 2.75) is 32.7 Å². The number of nitrogens with zero attached hydrogens (tertiary/aromatic N) is 2. The van der Waals surface area contributed by atoms with E-state index in [1.54, 1.807) is 7.11 Å². The van der Waals surface area contributed by atoms with Crippen molar-refractivity contribution in [1.82, 2.24) is 9.80 Å². The molecule has 1 aromatic rings. The molecule has 0 unspecified atom stereocenters. The number of piperazine rings is 1. The maximum Gasteiger partial charge on any atom is 0.260 e. The third-order valence-electron chi connectivity index (χ3n) is 4.78. The second kappa shape index (κ2) is 7.68. The van der Waals surface area contributed by atoms with Gasteiger partial charge in [-0.3, -0.25) is 9.69 Å². The van der Waals surface area contributed by atoms with Crippen molar-refractivity contribution in [1.29, 1.82) is 0 Å². The number of rotatable bonds is 6. The lowest BCUT2D eigenvalue weighted by atomic mass is 9.98. The molecular formula is C18H28N2O3. The fourth-order valence-corrected chi connectivity index (χ4v) is 2.69. The summed E-state index contributed by atoms with van der Waals surface area (Å²) >= 11 is 0. The van der Waals surface area contributed by atoms with E-state index in [-0.39, 0.29) is 18.1 Å². The zero-order chi connectivity index (χ0) is 16.9. The van der Waals surface area contributed by atoms with Crippen molar-refractivity contribution in [3.63, 3.8) is 0 Å². The largest absolute Gasteiger partial charge is 0.497 e. The first-order chi connectivity index (χ1) is 11.0. The lowest BCUT2D eigenvalue weighted by Crippen LogP contribution is -2.56. The molecule has 0 aliphatic carbocycles. The second-order valence-corrected chi connectivity index (χ2v) is 6.50. The van der Waals surface area contributed by atoms with Crippen LogP contribution >= 0.6 is 0 Å². The summed E-state index contributed by atoms with van der Waals surface area (Å²) in [5, 5.41) is 0. The van der Waals surface area contributed by atoms with E-state index < -0.39 is 0 Å². The van der Waals surface area contributed by atoms with Crippen LogP contribution in [0.3, 0.4) is 0 Å². The molecule has 0 aromatic heterocycles. The van der Waals surface area contributed by atoms with E-state index in [9.17, 15) is 4.79 Å². The topological polar surface area (TPSA) is 42.0 Å². The van der Waals surface area contributed by atoms with Crippen molar-refractivity contribution >= 4 is 5.91 Å². The Labute approximate surface area is 139 Å². The number of ether oxygens (including phenoxy) is 2. The molecule has 128 valence electrons. The van der Waals surface area contributed by atoms with Gasteiger partial charge in [0.2, 0.25) is 0 Å². The van der Waals surface area contributed by atoms with Crippen molar-refractivity contribution in [2.75, 3.05) is 39.9 Å². The van der Waals surface area contributed by atoms with E-state index in [2.05, 4.69) is 25.7 Å². The van der Waals surface area contributed by atoms with Crippen LogP contribution < -0.4 is 9.47 Å². The van der Waals surface area contributed by atoms with Crippen molar-refractivity contribution in [3.05, 3.63) is 24.3 Å². The quantitative estimate of drug-likeness (QED) is 0.807. The number of carbonyl (C=O) groups is 1. The first-order valence-electron chi connectivity index (χ1n) is 8.26. The predicted molar refractivity (Wildman–Crippen MR) is 91.0 cm³/mol. The summed E-state index contributed by atoms with van der Waals surface area (Å²) in [6.45, 7) is 10.2. The smallest absolute Gasteiger partial charge is 0.260 e. The number of benzene rings is 1. The van der Waals surface area contributed by atoms with Gasteiger partial charge in [-0.1, -0.05) is 6.92 Å². The minimum Gasteiger partial charge on any atom is -0.497 e. The van der Waals surface area contributed by atoms with Crippen LogP contribution in [0.1, 0.15) is 27.2 Å². The highest BCUT2D eigenvalue weighted by Gasteiger charge is 2.29. The number of hydrogen-bond donors (Lipinski definition) is 0. The summed E-state index contributed by atoms with van der Waals surface area (Å²) in [5.41, 5.74) is 0.203. The lowest BCUT2D eigenvalue weighted by Gasteiger charge is -2.43. The summed E-state index contributed by atoms with van der Waals surface area (Å²) in [6.07, 6.45) is 1.11. The number of methoxy groups -OCH3 is 1. The van der Waals surface area contributed by atoms with Gasteiger partial charge < -0.3 is 14.4 Å². The van der Waals surface area contributed by atoms with Crippen LogP contribution in [-0.2, 0) is 4.79 Å². The average molecular weight is 320 g/mol. The van der Waals surface area contributed by atoms with E-state index in [0.717, 1.165) is 38.3 Å². The van der Waals surface area contributed by atoms with Gasteiger partial charge in [0.05, 0.1) is 7.11 Å². The fourth-order valence-electron chi connectivity index (χ4n) is 2.69. The highest BCUT2D eigenvalue weighted by Crippen LogP contribution is 2.20. The Kier molecular flexibility index (Phi) is 5.88. The maximum absolute atomic E-state index is 12.3. The van der Waals surface area contributed by atoms with Gasteiger partial charge in [0.1, 0.15) is 11.5 Å². The molecule has 0 saturated carbocycles. The molecule has 2 rings (SSSR count). The molecule has 1 aliphatic rings. The second-order valence-electron chi connectivity index (χ2n) is 6.50. The fraction of sp³-hybridized carbons (Fsp3) is 0.611. The van der Waals surface area contributed by atoms with Gasteiger partial charge in [-0.2, -0.15) is 0 Å². The molecule has 1 saturated heterocycles. The minimum atomic E-state index is 0.0507. The van der Waals surface area contributed by atoms with Crippen LogP contribution in [0.2, 0.25) is 0 Å². The summed E-state index contributed by atoms with van der Waals surface area (Å²) in [6, 6.07) is 7.28. The standard InChI is InChI=1S/C18H28N2O3/c1-5-18(2,3)20-12-10-19(11-13-20)17(21)14-23-16-8-6-15(22-4)7-9-16/h6-9H,5,10-14H2,1-4H3. The number of amides is 1. The molecular weight excluding hydrogens is 292 g/mol. The highest BCUT2D eigenvalue weighted by atomic mass is 16.5. The molecule has 0 bridgehead atoms. The Hall–Kier alpha value is -1.75. The van der Waals surface area contributed by atoms with Gasteiger partial charge in [0.15, 0.2) is 6.61 Å². The summed E-state index contributed by atoms with van der Waals surface area (Å²) < 4.78 is 10.7. The molecule has 0 atom stereocenters. The van der Waals surface area contributed by atoms with Gasteiger partial charge in [0.25, 0.3) is 5.91 Å². The first-order valence-corrected chi connectivity index (χ1v) is 8.26. The van der Waals surface area contributed by atoms with Crippen molar-refractivity contribution < 1.29 is 14.3 Å². The lowest BCUT2D eigenvalue weighted by molar-refractivity contribution is -0.136. The molecule has 1 amide bonds. The molecule has 1 aromatic carbocycles. The average Bonchev–Trinajstić information content (AvgIpc) is 2.60. The SMILES string of the molecule is CCC(C)(C)N1CCN(C(=O)COc2ccc(OC)cc2)CC1. The molecule has 1 aliphatic heterocycles. The Morgan fingerprint density at radius 3 is 2.17 bits per heavy atom. The van der Waals surface area contributed by atoms with Gasteiger partial charge in [-0.15, -0.1) is 0 Å². The van der Waals surface area contributed by atoms with E-state index >= 15 is 0 Å². The van der Waals surface area contributed by atoms with Gasteiger partial charge >= 0.3 is 0 Å². The van der Waals surface area contributed by atoms with Crippen molar-refractivity contribution in [2.24, 2.45) is 0 Å². The van der Waals surface area contributed by atoms with E-state index in [4.69, 9.17) is 9.47 Å². The summed E-state index contributed by atoms with van der Waals surface area (Å²) in [7, 11) is 1.62. The molecule has 1 heterocycles. The Morgan fingerprint density at radius 1 is 1.09 bits per heavy atom. The highest BCUT2D eigenvalue weighted by molar-refractivity contribution is 5.77. The van der Waals surface area contributed by atoms with Crippen LogP contribution in [0.25, 0.3) is 0 Å². The Balaban J connectivity index is 1.78. The van der Waals surface area contributed by atoms with Gasteiger partial charge in [-0.25, -0.2) is 0 Å². The molecule has 0 radical (unpaired) electrons. The van der Waals surface area contributed by atoms with E-state index in [1.807, 2.05) is 29.2 Å². The van der Waals surface area contributed by atoms with Crippen LogP contribution in [0, 0.1) is 0 Å². The zero-order valence-electron chi connectivity index (χ0n) is 14.7. The zero-order valence-corrected chi connectivity index (χ0v) is 14.7. The summed E-state index contributed by atoms with van der Waals surface area (Å²) in [4.78, 5) is 16.6. The van der Waals surface area contributed by atoms with Crippen molar-refractivity contribution in [3.8, 4) is 11.5 Å². The normalized spacial score (nSPS) is 16.3. The maximum atomic E-state index is 12.3. The molecule has 23 heavy (non-hydrogen) atoms. The van der Waals surface area contributed by atoms with Gasteiger partial charge in [-0.05, 0) is 44.5 Å². The third-order valence-corrected chi connectivity index (χ3v) is 4.78. The first kappa shape index (κ1) is 17.6. The van der Waals surface area contributed by atoms with Crippen LogP contribution in [0.5, 0.6) is 11.5 Å². The van der Waals surface area contributed by atoms with Crippen LogP contribution in [0.15, 0.2) is 24.3 Å². The molecule has 5 nitrogen and oxygen atoms in total. The monoisotopic (exact) mass is 320 g/mol. The molecule has 1 fully saturated rings. The minimum absolute atomic E-state index is 0.0507. The third kappa shape index (κ3) is 4.61. The van der Waals surface area contributed by atoms with Gasteiger partial charge in [0, 0.05) is 31.7 Å². The number of hydrogen-bond acceptors (Lipinski definition) is 4. The predicted octanol–water partition coefficient (Wildman–Crippen LogP) is 2.41. The van der Waals surface area contributed by atoms with Crippen LogP contribution in [-0.4, -0.2) is 61.1 Å².